The maximum absolute atomic E-state index is 12.4. The van der Waals surface area contributed by atoms with Crippen molar-refractivity contribution in [3.8, 4) is 0 Å². The molecule has 0 unspecified atom stereocenters. The molecule has 9 heteroatoms. The van der Waals surface area contributed by atoms with E-state index in [-0.39, 0.29) is 23.6 Å². The van der Waals surface area contributed by atoms with Gasteiger partial charge in [0.05, 0.1) is 16.9 Å². The molecule has 150 valence electrons. The van der Waals surface area contributed by atoms with Crippen LogP contribution in [0.2, 0.25) is 0 Å². The van der Waals surface area contributed by atoms with Gasteiger partial charge in [0, 0.05) is 38.5 Å². The third-order valence-corrected chi connectivity index (χ3v) is 4.70. The van der Waals surface area contributed by atoms with Crippen molar-refractivity contribution in [3.05, 3.63) is 63.2 Å². The van der Waals surface area contributed by atoms with Crippen molar-refractivity contribution in [1.82, 2.24) is 0 Å². The zero-order valence-electron chi connectivity index (χ0n) is 16.2. The molecule has 0 saturated heterocycles. The molecule has 0 aliphatic carbocycles. The van der Waals surface area contributed by atoms with E-state index in [1.165, 1.54) is 17.0 Å². The van der Waals surface area contributed by atoms with Crippen LogP contribution in [-0.4, -0.2) is 50.3 Å². The number of benzene rings is 2. The number of ether oxygens (including phenoxy) is 1. The second-order valence-electron chi connectivity index (χ2n) is 6.83. The highest BCUT2D eigenvalue weighted by Gasteiger charge is 2.25. The highest BCUT2D eigenvalue weighted by atomic mass is 16.6. The molecule has 0 N–H and O–H groups in total. The number of fused-ring (bicyclic) bond motifs is 1. The van der Waals surface area contributed by atoms with Crippen molar-refractivity contribution in [2.45, 2.75) is 6.42 Å². The van der Waals surface area contributed by atoms with Crippen molar-refractivity contribution in [3.63, 3.8) is 0 Å². The Labute approximate surface area is 166 Å². The van der Waals surface area contributed by atoms with Crippen LogP contribution in [0.1, 0.15) is 26.3 Å². The van der Waals surface area contributed by atoms with Gasteiger partial charge in [0.15, 0.2) is 12.4 Å². The number of nitrogens with zero attached hydrogens (tertiary/aromatic N) is 3. The summed E-state index contributed by atoms with van der Waals surface area (Å²) in [5, 5.41) is 11.2. The Morgan fingerprint density at radius 2 is 1.86 bits per heavy atom. The van der Waals surface area contributed by atoms with Crippen LogP contribution in [0.25, 0.3) is 0 Å². The molecule has 0 spiro atoms. The summed E-state index contributed by atoms with van der Waals surface area (Å²) in [6.07, 6.45) is 0.217. The zero-order chi connectivity index (χ0) is 21.3. The third kappa shape index (κ3) is 3.93. The Morgan fingerprint density at radius 1 is 1.17 bits per heavy atom. The van der Waals surface area contributed by atoms with Gasteiger partial charge in [-0.25, -0.2) is 4.79 Å². The molecule has 3 rings (SSSR count). The van der Waals surface area contributed by atoms with Gasteiger partial charge in [-0.2, -0.15) is 0 Å². The van der Waals surface area contributed by atoms with E-state index in [2.05, 4.69) is 0 Å². The highest BCUT2D eigenvalue weighted by Crippen LogP contribution is 2.29. The van der Waals surface area contributed by atoms with Crippen molar-refractivity contribution in [2.75, 3.05) is 37.5 Å². The summed E-state index contributed by atoms with van der Waals surface area (Å²) < 4.78 is 5.04. The number of rotatable bonds is 6. The smallest absolute Gasteiger partial charge is 0.338 e. The van der Waals surface area contributed by atoms with E-state index in [0.717, 1.165) is 17.3 Å². The summed E-state index contributed by atoms with van der Waals surface area (Å²) in [4.78, 5) is 50.1. The summed E-state index contributed by atoms with van der Waals surface area (Å²) in [5.41, 5.74) is 1.91. The Hall–Kier alpha value is -3.75. The van der Waals surface area contributed by atoms with Crippen molar-refractivity contribution in [1.29, 1.82) is 0 Å². The fraction of sp³-hybridized carbons (Fsp3) is 0.250. The van der Waals surface area contributed by atoms with E-state index in [4.69, 9.17) is 4.74 Å². The minimum Gasteiger partial charge on any atom is -0.454 e. The Morgan fingerprint density at radius 3 is 2.52 bits per heavy atom. The first kappa shape index (κ1) is 20.0. The standard InChI is InChI=1S/C20H19N3O6/c1-21(2)16-7-5-13(9-17(16)23(27)28)20(26)29-11-18(24)12-4-6-15-14(8-12)10-19(25)22(15)3/h4-9H,10-11H2,1-3H3. The predicted octanol–water partition coefficient (Wildman–Crippen LogP) is 2.22. The number of amides is 1. The molecule has 2 aromatic carbocycles. The number of hydrogen-bond acceptors (Lipinski definition) is 7. The topological polar surface area (TPSA) is 110 Å². The Kier molecular flexibility index (Phi) is 5.31. The summed E-state index contributed by atoms with van der Waals surface area (Å²) in [6.45, 7) is -0.509. The number of carbonyl (C=O) groups is 3. The molecule has 1 amide bonds. The first-order chi connectivity index (χ1) is 13.7. The number of Topliss-reactive ketones (excluding diaryl/α,β-unsaturated/α-hetero) is 1. The molecule has 29 heavy (non-hydrogen) atoms. The van der Waals surface area contributed by atoms with Gasteiger partial charge >= 0.3 is 5.97 Å². The van der Waals surface area contributed by atoms with Crippen molar-refractivity contribution in [2.24, 2.45) is 0 Å². The minimum absolute atomic E-state index is 0.0173. The minimum atomic E-state index is -0.831. The van der Waals surface area contributed by atoms with Crippen molar-refractivity contribution < 1.29 is 24.0 Å². The number of esters is 1. The Bertz CT molecular complexity index is 1030. The molecular formula is C20H19N3O6. The van der Waals surface area contributed by atoms with Crippen LogP contribution in [0.4, 0.5) is 17.1 Å². The number of nitro groups is 1. The molecular weight excluding hydrogens is 378 g/mol. The van der Waals surface area contributed by atoms with E-state index in [1.54, 1.807) is 44.2 Å². The third-order valence-electron chi connectivity index (χ3n) is 4.70. The lowest BCUT2D eigenvalue weighted by atomic mass is 10.1. The number of nitro benzene ring substituents is 1. The van der Waals surface area contributed by atoms with Gasteiger partial charge in [0.1, 0.15) is 5.69 Å². The van der Waals surface area contributed by atoms with Crippen LogP contribution in [0, 0.1) is 10.1 Å². The molecule has 0 aromatic heterocycles. The fourth-order valence-corrected chi connectivity index (χ4v) is 3.12. The lowest BCUT2D eigenvalue weighted by Gasteiger charge is -2.13. The molecule has 1 heterocycles. The number of anilines is 2. The number of carbonyl (C=O) groups excluding carboxylic acids is 3. The number of likely N-dealkylation sites (N-methyl/N-ethyl adjacent to an activating group) is 1. The maximum atomic E-state index is 12.4. The number of ketones is 1. The van der Waals surface area contributed by atoms with E-state index in [9.17, 15) is 24.5 Å². The summed E-state index contributed by atoms with van der Waals surface area (Å²) in [6, 6.07) is 8.85. The zero-order valence-corrected chi connectivity index (χ0v) is 16.2. The first-order valence-corrected chi connectivity index (χ1v) is 8.74. The molecule has 0 atom stereocenters. The maximum Gasteiger partial charge on any atom is 0.338 e. The van der Waals surface area contributed by atoms with E-state index < -0.39 is 23.3 Å². The molecule has 1 aliphatic heterocycles. The van der Waals surface area contributed by atoms with Gasteiger partial charge in [-0.3, -0.25) is 19.7 Å². The second-order valence-corrected chi connectivity index (χ2v) is 6.83. The van der Waals surface area contributed by atoms with E-state index in [1.807, 2.05) is 0 Å². The largest absolute Gasteiger partial charge is 0.454 e. The highest BCUT2D eigenvalue weighted by molar-refractivity contribution is 6.04. The monoisotopic (exact) mass is 397 g/mol. The van der Waals surface area contributed by atoms with Crippen LogP contribution < -0.4 is 9.80 Å². The lowest BCUT2D eigenvalue weighted by Crippen LogP contribution is -2.20. The lowest BCUT2D eigenvalue weighted by molar-refractivity contribution is -0.384. The number of hydrogen-bond donors (Lipinski definition) is 0. The summed E-state index contributed by atoms with van der Waals surface area (Å²) in [7, 11) is 4.97. The average molecular weight is 397 g/mol. The van der Waals surface area contributed by atoms with Crippen LogP contribution in [-0.2, 0) is 16.0 Å². The molecule has 0 fully saturated rings. The quantitative estimate of drug-likeness (QED) is 0.318. The van der Waals surface area contributed by atoms with Gasteiger partial charge in [-0.05, 0) is 35.9 Å². The van der Waals surface area contributed by atoms with Crippen LogP contribution in [0.15, 0.2) is 36.4 Å². The molecule has 2 aromatic rings. The van der Waals surface area contributed by atoms with Gasteiger partial charge in [0.2, 0.25) is 5.91 Å². The van der Waals surface area contributed by atoms with Gasteiger partial charge in [-0.15, -0.1) is 0 Å². The Balaban J connectivity index is 1.70. The normalized spacial score (nSPS) is 12.5. The SMILES string of the molecule is CN(C)c1ccc(C(=O)OCC(=O)c2ccc3c(c2)CC(=O)N3C)cc1[N+](=O)[O-]. The van der Waals surface area contributed by atoms with Gasteiger partial charge < -0.3 is 14.5 Å². The molecule has 0 radical (unpaired) electrons. The van der Waals surface area contributed by atoms with E-state index in [0.29, 0.717) is 11.3 Å². The van der Waals surface area contributed by atoms with Crippen LogP contribution >= 0.6 is 0 Å². The van der Waals surface area contributed by atoms with Crippen molar-refractivity contribution >= 4 is 34.7 Å². The van der Waals surface area contributed by atoms with Gasteiger partial charge in [0.25, 0.3) is 5.69 Å². The van der Waals surface area contributed by atoms with Gasteiger partial charge in [-0.1, -0.05) is 0 Å². The summed E-state index contributed by atoms with van der Waals surface area (Å²) in [5.74, 6) is -1.32. The predicted molar refractivity (Wildman–Crippen MR) is 106 cm³/mol. The molecule has 0 saturated carbocycles. The van der Waals surface area contributed by atoms with Crippen LogP contribution in [0.5, 0.6) is 0 Å². The first-order valence-electron chi connectivity index (χ1n) is 8.74. The van der Waals surface area contributed by atoms with Crippen LogP contribution in [0.3, 0.4) is 0 Å². The molecule has 1 aliphatic rings. The fourth-order valence-electron chi connectivity index (χ4n) is 3.12. The molecule has 9 nitrogen and oxygen atoms in total. The average Bonchev–Trinajstić information content (AvgIpc) is 2.98. The summed E-state index contributed by atoms with van der Waals surface area (Å²) >= 11 is 0. The molecule has 0 bridgehead atoms. The second kappa shape index (κ2) is 7.70. The van der Waals surface area contributed by atoms with E-state index >= 15 is 0 Å².